The largest absolute Gasteiger partial charge is 0.490 e. The maximum atomic E-state index is 6.20. The van der Waals surface area contributed by atoms with Gasteiger partial charge in [-0.1, -0.05) is 66.2 Å². The first-order chi connectivity index (χ1) is 14.7. The first kappa shape index (κ1) is 22.2. The van der Waals surface area contributed by atoms with Crippen molar-refractivity contribution in [3.8, 4) is 11.5 Å². The van der Waals surface area contributed by atoms with Crippen LogP contribution in [-0.4, -0.2) is 12.6 Å². The second-order valence-corrected chi connectivity index (χ2v) is 7.84. The number of ether oxygens (including phenoxy) is 2. The first-order valence-electron chi connectivity index (χ1n) is 10.5. The molecule has 0 bridgehead atoms. The Kier molecular flexibility index (Phi) is 8.61. The van der Waals surface area contributed by atoms with Gasteiger partial charge < -0.3 is 14.8 Å². The number of hydrogen-bond donors (Lipinski definition) is 1. The summed E-state index contributed by atoms with van der Waals surface area (Å²) in [6, 6.07) is 24.8. The van der Waals surface area contributed by atoms with Gasteiger partial charge in [0.15, 0.2) is 11.5 Å². The van der Waals surface area contributed by atoms with Gasteiger partial charge >= 0.3 is 0 Å². The molecule has 3 aromatic rings. The molecule has 0 radical (unpaired) electrons. The highest BCUT2D eigenvalue weighted by atomic mass is 35.5. The Morgan fingerprint density at radius 1 is 0.867 bits per heavy atom. The average molecular weight is 424 g/mol. The van der Waals surface area contributed by atoms with Crippen molar-refractivity contribution in [2.75, 3.05) is 6.61 Å². The summed E-state index contributed by atoms with van der Waals surface area (Å²) in [5.74, 6) is 1.58. The molecule has 0 aliphatic carbocycles. The van der Waals surface area contributed by atoms with Gasteiger partial charge in [-0.15, -0.1) is 0 Å². The molecular formula is C26H30ClNO2. The van der Waals surface area contributed by atoms with E-state index >= 15 is 0 Å². The zero-order valence-corrected chi connectivity index (χ0v) is 18.5. The van der Waals surface area contributed by atoms with Crippen LogP contribution in [0.4, 0.5) is 0 Å². The quantitative estimate of drug-likeness (QED) is 0.385. The van der Waals surface area contributed by atoms with Gasteiger partial charge in [0, 0.05) is 23.2 Å². The van der Waals surface area contributed by atoms with E-state index in [0.717, 1.165) is 47.0 Å². The highest BCUT2D eigenvalue weighted by molar-refractivity contribution is 6.30. The van der Waals surface area contributed by atoms with E-state index in [1.54, 1.807) is 0 Å². The summed E-state index contributed by atoms with van der Waals surface area (Å²) in [7, 11) is 0. The number of rotatable bonds is 11. The minimum atomic E-state index is 0.394. The molecule has 0 aliphatic heterocycles. The normalized spacial score (nSPS) is 11.8. The Morgan fingerprint density at radius 2 is 1.63 bits per heavy atom. The minimum Gasteiger partial charge on any atom is -0.490 e. The molecule has 3 aromatic carbocycles. The van der Waals surface area contributed by atoms with Gasteiger partial charge in [0.05, 0.1) is 6.61 Å². The smallest absolute Gasteiger partial charge is 0.166 e. The Morgan fingerprint density at radius 3 is 2.37 bits per heavy atom. The van der Waals surface area contributed by atoms with Crippen LogP contribution < -0.4 is 14.8 Å². The van der Waals surface area contributed by atoms with Crippen LogP contribution in [0.3, 0.4) is 0 Å². The molecule has 1 N–H and O–H groups in total. The SMILES string of the molecule is CCOc1cccc(CN[C@@H](C)CCc2ccccc2)c1OCc1ccc(Cl)cc1. The molecule has 0 aliphatic rings. The fourth-order valence-corrected chi connectivity index (χ4v) is 3.41. The number of halogens is 1. The van der Waals surface area contributed by atoms with Gasteiger partial charge in [-0.3, -0.25) is 0 Å². The zero-order chi connectivity index (χ0) is 21.2. The Bertz CT molecular complexity index is 897. The number of aryl methyl sites for hydroxylation is 1. The summed E-state index contributed by atoms with van der Waals surface area (Å²) in [6.45, 7) is 6.01. The topological polar surface area (TPSA) is 30.5 Å². The molecule has 3 nitrogen and oxygen atoms in total. The van der Waals surface area contributed by atoms with E-state index in [4.69, 9.17) is 21.1 Å². The van der Waals surface area contributed by atoms with Gasteiger partial charge in [0.2, 0.25) is 0 Å². The van der Waals surface area contributed by atoms with Crippen molar-refractivity contribution in [2.45, 2.75) is 45.9 Å². The molecule has 0 spiro atoms. The van der Waals surface area contributed by atoms with Crippen molar-refractivity contribution >= 4 is 11.6 Å². The van der Waals surface area contributed by atoms with Crippen LogP contribution in [0.1, 0.15) is 37.0 Å². The van der Waals surface area contributed by atoms with Crippen LogP contribution >= 0.6 is 11.6 Å². The van der Waals surface area contributed by atoms with E-state index in [1.807, 2.05) is 43.3 Å². The molecule has 1 atom stereocenters. The number of nitrogens with one attached hydrogen (secondary N) is 1. The van der Waals surface area contributed by atoms with Crippen molar-refractivity contribution in [1.82, 2.24) is 5.32 Å². The van der Waals surface area contributed by atoms with Crippen LogP contribution in [0.5, 0.6) is 11.5 Å². The summed E-state index contributed by atoms with van der Waals surface area (Å²) >= 11 is 5.99. The van der Waals surface area contributed by atoms with Gasteiger partial charge in [-0.2, -0.15) is 0 Å². The van der Waals surface area contributed by atoms with Gasteiger partial charge in [-0.25, -0.2) is 0 Å². The van der Waals surface area contributed by atoms with Crippen molar-refractivity contribution in [1.29, 1.82) is 0 Å². The molecule has 0 aromatic heterocycles. The third kappa shape index (κ3) is 6.79. The molecule has 0 heterocycles. The maximum absolute atomic E-state index is 6.20. The summed E-state index contributed by atoms with van der Waals surface area (Å²) in [5, 5.41) is 4.36. The van der Waals surface area contributed by atoms with Crippen molar-refractivity contribution in [3.63, 3.8) is 0 Å². The summed E-state index contributed by atoms with van der Waals surface area (Å²) in [4.78, 5) is 0. The van der Waals surface area contributed by atoms with Crippen molar-refractivity contribution in [2.24, 2.45) is 0 Å². The zero-order valence-electron chi connectivity index (χ0n) is 17.7. The second kappa shape index (κ2) is 11.6. The Labute approximate surface area is 185 Å². The number of para-hydroxylation sites is 1. The lowest BCUT2D eigenvalue weighted by molar-refractivity contribution is 0.265. The maximum Gasteiger partial charge on any atom is 0.166 e. The molecule has 3 rings (SSSR count). The Hall–Kier alpha value is -2.49. The summed E-state index contributed by atoms with van der Waals surface area (Å²) in [6.07, 6.45) is 2.14. The van der Waals surface area contributed by atoms with Crippen LogP contribution in [0.15, 0.2) is 72.8 Å². The molecule has 158 valence electrons. The average Bonchev–Trinajstić information content (AvgIpc) is 2.77. The lowest BCUT2D eigenvalue weighted by Crippen LogP contribution is -2.26. The van der Waals surface area contributed by atoms with Crippen LogP contribution in [0.25, 0.3) is 0 Å². The van der Waals surface area contributed by atoms with Crippen LogP contribution in [0, 0.1) is 0 Å². The van der Waals surface area contributed by atoms with Crippen molar-refractivity contribution < 1.29 is 9.47 Å². The fourth-order valence-electron chi connectivity index (χ4n) is 3.28. The number of benzene rings is 3. The molecule has 0 fully saturated rings. The monoisotopic (exact) mass is 423 g/mol. The lowest BCUT2D eigenvalue weighted by Gasteiger charge is -2.19. The lowest BCUT2D eigenvalue weighted by atomic mass is 10.1. The molecule has 0 unspecified atom stereocenters. The second-order valence-electron chi connectivity index (χ2n) is 7.40. The van der Waals surface area contributed by atoms with E-state index in [2.05, 4.69) is 48.6 Å². The predicted molar refractivity (Wildman–Crippen MR) is 124 cm³/mol. The van der Waals surface area contributed by atoms with Gasteiger partial charge in [0.1, 0.15) is 6.61 Å². The van der Waals surface area contributed by atoms with E-state index in [-0.39, 0.29) is 0 Å². The summed E-state index contributed by atoms with van der Waals surface area (Å²) < 4.78 is 12.0. The predicted octanol–water partition coefficient (Wildman–Crippen LogP) is 6.43. The standard InChI is InChI=1S/C26H30ClNO2/c1-3-29-25-11-7-10-23(26(25)30-19-22-14-16-24(27)17-15-22)18-28-20(2)12-13-21-8-5-4-6-9-21/h4-11,14-17,20,28H,3,12-13,18-19H2,1-2H3/t20-/m0/s1. The molecule has 30 heavy (non-hydrogen) atoms. The fraction of sp³-hybridized carbons (Fsp3) is 0.308. The van der Waals surface area contributed by atoms with Crippen LogP contribution in [-0.2, 0) is 19.6 Å². The third-order valence-electron chi connectivity index (χ3n) is 5.01. The third-order valence-corrected chi connectivity index (χ3v) is 5.26. The van der Waals surface area contributed by atoms with E-state index < -0.39 is 0 Å². The van der Waals surface area contributed by atoms with E-state index in [9.17, 15) is 0 Å². The minimum absolute atomic E-state index is 0.394. The van der Waals surface area contributed by atoms with E-state index in [1.165, 1.54) is 5.56 Å². The van der Waals surface area contributed by atoms with Crippen LogP contribution in [0.2, 0.25) is 5.02 Å². The van der Waals surface area contributed by atoms with Gasteiger partial charge in [-0.05, 0) is 56.0 Å². The highest BCUT2D eigenvalue weighted by Gasteiger charge is 2.13. The molecule has 0 amide bonds. The molecule has 0 saturated heterocycles. The Balaban J connectivity index is 1.62. The van der Waals surface area contributed by atoms with Crippen molar-refractivity contribution in [3.05, 3.63) is 94.5 Å². The molecule has 4 heteroatoms. The van der Waals surface area contributed by atoms with E-state index in [0.29, 0.717) is 19.3 Å². The van der Waals surface area contributed by atoms with Gasteiger partial charge in [0.25, 0.3) is 0 Å². The molecular weight excluding hydrogens is 394 g/mol. The molecule has 0 saturated carbocycles. The highest BCUT2D eigenvalue weighted by Crippen LogP contribution is 2.32. The summed E-state index contributed by atoms with van der Waals surface area (Å²) in [5.41, 5.74) is 3.54. The first-order valence-corrected chi connectivity index (χ1v) is 10.9. The number of hydrogen-bond acceptors (Lipinski definition) is 3.